The molecule has 0 aliphatic heterocycles. The number of aromatic nitrogens is 2. The molecule has 0 saturated carbocycles. The molecule has 0 atom stereocenters. The van der Waals surface area contributed by atoms with Gasteiger partial charge in [0.15, 0.2) is 18.0 Å². The standard InChI is InChI=1S/C14H16N4O3/c1-10-15-6-7-18(10)9-13(20)17-16-8-11-4-3-5-12(19)14(11)21-2/h3-8H,9H2,1-2H3,(H2,17,19,20)/p+1/b16-8+. The molecule has 3 N–H and O–H groups in total. The van der Waals surface area contributed by atoms with Crippen molar-refractivity contribution in [2.75, 3.05) is 7.11 Å². The molecule has 0 bridgehead atoms. The summed E-state index contributed by atoms with van der Waals surface area (Å²) in [5.74, 6) is 0.958. The van der Waals surface area contributed by atoms with Crippen LogP contribution in [0.5, 0.6) is 11.5 Å². The molecule has 1 aromatic heterocycles. The summed E-state index contributed by atoms with van der Waals surface area (Å²) in [4.78, 5) is 14.7. The molecule has 2 aromatic rings. The van der Waals surface area contributed by atoms with E-state index in [-0.39, 0.29) is 18.2 Å². The van der Waals surface area contributed by atoms with Crippen molar-refractivity contribution in [3.63, 3.8) is 0 Å². The van der Waals surface area contributed by atoms with E-state index < -0.39 is 0 Å². The van der Waals surface area contributed by atoms with E-state index in [1.807, 2.05) is 6.92 Å². The number of hydrogen-bond donors (Lipinski definition) is 3. The minimum atomic E-state index is -0.252. The largest absolute Gasteiger partial charge is 0.504 e. The van der Waals surface area contributed by atoms with Crippen LogP contribution in [0.2, 0.25) is 0 Å². The van der Waals surface area contributed by atoms with Crippen LogP contribution in [0.1, 0.15) is 11.4 Å². The molecular weight excluding hydrogens is 272 g/mol. The van der Waals surface area contributed by atoms with Crippen LogP contribution in [0, 0.1) is 6.92 Å². The Kier molecular flexibility index (Phi) is 4.55. The lowest BCUT2D eigenvalue weighted by atomic mass is 10.2. The van der Waals surface area contributed by atoms with Gasteiger partial charge in [-0.3, -0.25) is 4.79 Å². The Morgan fingerprint density at radius 1 is 1.57 bits per heavy atom. The number of rotatable bonds is 5. The highest BCUT2D eigenvalue weighted by Gasteiger charge is 2.10. The molecule has 0 aliphatic carbocycles. The number of para-hydroxylation sites is 1. The van der Waals surface area contributed by atoms with Gasteiger partial charge in [-0.2, -0.15) is 5.10 Å². The maximum atomic E-state index is 11.7. The van der Waals surface area contributed by atoms with E-state index in [0.717, 1.165) is 5.82 Å². The third-order valence-electron chi connectivity index (χ3n) is 2.91. The minimum Gasteiger partial charge on any atom is -0.504 e. The minimum absolute atomic E-state index is 0.0197. The molecule has 7 heteroatoms. The number of imidazole rings is 1. The lowest BCUT2D eigenvalue weighted by Crippen LogP contribution is -2.42. The molecule has 0 radical (unpaired) electrons. The fraction of sp³-hybridized carbons (Fsp3) is 0.214. The van der Waals surface area contributed by atoms with Gasteiger partial charge >= 0.3 is 0 Å². The van der Waals surface area contributed by atoms with Gasteiger partial charge in [-0.25, -0.2) is 15.0 Å². The zero-order valence-electron chi connectivity index (χ0n) is 11.8. The van der Waals surface area contributed by atoms with Crippen LogP contribution in [0.3, 0.4) is 0 Å². The van der Waals surface area contributed by atoms with Gasteiger partial charge in [0, 0.05) is 12.5 Å². The van der Waals surface area contributed by atoms with Crippen LogP contribution >= 0.6 is 0 Å². The number of methoxy groups -OCH3 is 1. The third-order valence-corrected chi connectivity index (χ3v) is 2.91. The van der Waals surface area contributed by atoms with E-state index in [0.29, 0.717) is 11.3 Å². The summed E-state index contributed by atoms with van der Waals surface area (Å²) < 4.78 is 6.84. The summed E-state index contributed by atoms with van der Waals surface area (Å²) in [6, 6.07) is 4.90. The number of carbonyl (C=O) groups excluding carboxylic acids is 1. The van der Waals surface area contributed by atoms with Gasteiger partial charge in [-0.05, 0) is 12.1 Å². The number of aryl methyl sites for hydroxylation is 1. The summed E-state index contributed by atoms with van der Waals surface area (Å²) in [7, 11) is 1.45. The Balaban J connectivity index is 1.98. The van der Waals surface area contributed by atoms with Gasteiger partial charge in [-0.1, -0.05) is 6.07 Å². The normalized spacial score (nSPS) is 10.8. The average molecular weight is 289 g/mol. The van der Waals surface area contributed by atoms with Crippen molar-refractivity contribution in [1.29, 1.82) is 0 Å². The monoisotopic (exact) mass is 289 g/mol. The van der Waals surface area contributed by atoms with Crippen LogP contribution in [0.25, 0.3) is 0 Å². The van der Waals surface area contributed by atoms with Gasteiger partial charge in [0.2, 0.25) is 0 Å². The number of hydrogen-bond acceptors (Lipinski definition) is 4. The zero-order chi connectivity index (χ0) is 15.2. The molecule has 0 saturated heterocycles. The summed E-state index contributed by atoms with van der Waals surface area (Å²) in [5, 5.41) is 13.5. The second-order valence-electron chi connectivity index (χ2n) is 4.37. The number of nitrogens with one attached hydrogen (secondary N) is 2. The molecule has 0 aliphatic rings. The molecule has 1 heterocycles. The molecule has 0 unspecified atom stereocenters. The van der Waals surface area contributed by atoms with Crippen LogP contribution in [-0.4, -0.2) is 29.3 Å². The summed E-state index contributed by atoms with van der Waals surface area (Å²) in [6.45, 7) is 2.04. The quantitative estimate of drug-likeness (QED) is 0.425. The Morgan fingerprint density at radius 3 is 3.05 bits per heavy atom. The van der Waals surface area contributed by atoms with Gasteiger partial charge in [-0.15, -0.1) is 0 Å². The molecule has 0 spiro atoms. The number of H-pyrrole nitrogens is 1. The Labute approximate surface area is 121 Å². The molecule has 1 amide bonds. The average Bonchev–Trinajstić information content (AvgIpc) is 2.84. The van der Waals surface area contributed by atoms with E-state index in [1.165, 1.54) is 19.4 Å². The fourth-order valence-electron chi connectivity index (χ4n) is 1.84. The number of benzene rings is 1. The van der Waals surface area contributed by atoms with Crippen molar-refractivity contribution in [2.45, 2.75) is 13.5 Å². The van der Waals surface area contributed by atoms with Crippen LogP contribution in [0.4, 0.5) is 0 Å². The second kappa shape index (κ2) is 6.56. The van der Waals surface area contributed by atoms with Crippen molar-refractivity contribution >= 4 is 12.1 Å². The number of aromatic hydroxyl groups is 1. The number of carbonyl (C=O) groups is 1. The van der Waals surface area contributed by atoms with Gasteiger partial charge in [0.05, 0.1) is 13.3 Å². The number of amides is 1. The predicted molar refractivity (Wildman–Crippen MR) is 76.1 cm³/mol. The molecular formula is C14H17N4O3+. The van der Waals surface area contributed by atoms with Crippen LogP contribution < -0.4 is 14.7 Å². The smallest absolute Gasteiger partial charge is 0.282 e. The SMILES string of the molecule is COc1c(O)cccc1/C=N/NC(=O)C[n+]1cc[nH]c1C. The highest BCUT2D eigenvalue weighted by Crippen LogP contribution is 2.28. The predicted octanol–water partition coefficient (Wildman–Crippen LogP) is 0.475. The van der Waals surface area contributed by atoms with E-state index in [1.54, 1.807) is 29.1 Å². The van der Waals surface area contributed by atoms with Gasteiger partial charge < -0.3 is 9.84 Å². The summed E-state index contributed by atoms with van der Waals surface area (Å²) in [6.07, 6.45) is 4.95. The molecule has 0 fully saturated rings. The molecule has 110 valence electrons. The van der Waals surface area contributed by atoms with Gasteiger partial charge in [0.25, 0.3) is 11.7 Å². The summed E-state index contributed by atoms with van der Waals surface area (Å²) in [5.41, 5.74) is 3.00. The van der Waals surface area contributed by atoms with Crippen molar-refractivity contribution in [2.24, 2.45) is 5.10 Å². The first-order chi connectivity index (χ1) is 10.1. The number of aromatic amines is 1. The Bertz CT molecular complexity index is 664. The Hall–Kier alpha value is -2.83. The zero-order valence-corrected chi connectivity index (χ0v) is 11.8. The van der Waals surface area contributed by atoms with Crippen LogP contribution in [0.15, 0.2) is 35.7 Å². The molecule has 7 nitrogen and oxygen atoms in total. The van der Waals surface area contributed by atoms with E-state index in [2.05, 4.69) is 15.5 Å². The van der Waals surface area contributed by atoms with E-state index in [9.17, 15) is 9.90 Å². The topological polar surface area (TPSA) is 90.6 Å². The molecule has 21 heavy (non-hydrogen) atoms. The second-order valence-corrected chi connectivity index (χ2v) is 4.37. The Morgan fingerprint density at radius 2 is 2.38 bits per heavy atom. The number of phenols is 1. The lowest BCUT2D eigenvalue weighted by Gasteiger charge is -2.05. The number of phenolic OH excluding ortho intramolecular Hbond substituents is 1. The molecule has 2 rings (SSSR count). The lowest BCUT2D eigenvalue weighted by molar-refractivity contribution is -0.689. The van der Waals surface area contributed by atoms with Crippen molar-refractivity contribution in [3.8, 4) is 11.5 Å². The maximum Gasteiger partial charge on any atom is 0.282 e. The van der Waals surface area contributed by atoms with E-state index in [4.69, 9.17) is 4.74 Å². The molecule has 1 aromatic carbocycles. The first-order valence-electron chi connectivity index (χ1n) is 6.33. The number of nitrogens with zero attached hydrogens (tertiary/aromatic N) is 2. The van der Waals surface area contributed by atoms with Crippen LogP contribution in [-0.2, 0) is 11.3 Å². The highest BCUT2D eigenvalue weighted by atomic mass is 16.5. The van der Waals surface area contributed by atoms with Crippen molar-refractivity contribution < 1.29 is 19.2 Å². The maximum absolute atomic E-state index is 11.7. The number of hydrazone groups is 1. The van der Waals surface area contributed by atoms with E-state index >= 15 is 0 Å². The first-order valence-corrected chi connectivity index (χ1v) is 6.33. The summed E-state index contributed by atoms with van der Waals surface area (Å²) >= 11 is 0. The van der Waals surface area contributed by atoms with Crippen molar-refractivity contribution in [1.82, 2.24) is 10.4 Å². The van der Waals surface area contributed by atoms with Crippen molar-refractivity contribution in [3.05, 3.63) is 42.0 Å². The van der Waals surface area contributed by atoms with Gasteiger partial charge in [0.1, 0.15) is 12.4 Å². The number of ether oxygens (including phenoxy) is 1. The highest BCUT2D eigenvalue weighted by molar-refractivity contribution is 5.86. The third kappa shape index (κ3) is 3.59. The first kappa shape index (κ1) is 14.6. The fourth-order valence-corrected chi connectivity index (χ4v) is 1.84.